The van der Waals surface area contributed by atoms with Crippen LogP contribution in [0, 0.1) is 11.8 Å². The number of benzene rings is 3. The second kappa shape index (κ2) is 9.65. The van der Waals surface area contributed by atoms with Crippen molar-refractivity contribution in [3.05, 3.63) is 83.7 Å². The van der Waals surface area contributed by atoms with Crippen molar-refractivity contribution >= 4 is 21.9 Å². The van der Waals surface area contributed by atoms with Crippen LogP contribution < -0.4 is 4.57 Å². The maximum absolute atomic E-state index is 6.69. The molecule has 40 heavy (non-hydrogen) atoms. The maximum atomic E-state index is 6.69. The molecule has 2 unspecified atom stereocenters. The molecule has 0 fully saturated rings. The van der Waals surface area contributed by atoms with Gasteiger partial charge in [-0.2, -0.15) is 4.57 Å². The highest BCUT2D eigenvalue weighted by Crippen LogP contribution is 2.50. The molecule has 0 saturated heterocycles. The zero-order chi connectivity index (χ0) is 28.4. The molecule has 0 saturated carbocycles. The Morgan fingerprint density at radius 3 is 2.25 bits per heavy atom. The van der Waals surface area contributed by atoms with Crippen molar-refractivity contribution in [2.24, 2.45) is 11.8 Å². The fraction of sp³-hybridized carbons (Fsp3) is 0.432. The van der Waals surface area contributed by atoms with Crippen LogP contribution in [-0.4, -0.2) is 4.57 Å². The van der Waals surface area contributed by atoms with E-state index >= 15 is 0 Å². The van der Waals surface area contributed by atoms with Crippen molar-refractivity contribution in [2.75, 3.05) is 0 Å². The molecule has 0 spiro atoms. The normalized spacial score (nSPS) is 20.6. The van der Waals surface area contributed by atoms with Crippen molar-refractivity contribution in [3.63, 3.8) is 0 Å². The molecular weight excluding hydrogens is 488 g/mol. The molecule has 6 rings (SSSR count). The topological polar surface area (TPSA) is 21.9 Å². The minimum atomic E-state index is -0.0451. The third-order valence-electron chi connectivity index (χ3n) is 10.00. The van der Waals surface area contributed by atoms with Gasteiger partial charge in [-0.3, -0.25) is 0 Å². The summed E-state index contributed by atoms with van der Waals surface area (Å²) in [5, 5.41) is 2.46. The molecule has 0 bridgehead atoms. The quantitative estimate of drug-likeness (QED) is 0.191. The summed E-state index contributed by atoms with van der Waals surface area (Å²) in [4.78, 5) is 0. The SMILES string of the molecule is CCC1(C)c2ccccc2-c2n(-c3c(CC(C)C)cc4c(oc5ccccc54)c3CC(C)C)cc[n+]2C1(C)CC. The van der Waals surface area contributed by atoms with Crippen molar-refractivity contribution in [2.45, 2.75) is 92.0 Å². The maximum Gasteiger partial charge on any atom is 0.294 e. The predicted octanol–water partition coefficient (Wildman–Crippen LogP) is 9.53. The van der Waals surface area contributed by atoms with E-state index in [-0.39, 0.29) is 11.0 Å². The Morgan fingerprint density at radius 2 is 1.55 bits per heavy atom. The smallest absolute Gasteiger partial charge is 0.294 e. The Kier molecular flexibility index (Phi) is 6.48. The number of hydrogen-bond donors (Lipinski definition) is 0. The van der Waals surface area contributed by atoms with Crippen LogP contribution in [0.15, 0.2) is 71.4 Å². The second-order valence-electron chi connectivity index (χ2n) is 13.3. The molecule has 1 aliphatic heterocycles. The van der Waals surface area contributed by atoms with Crippen LogP contribution in [-0.2, 0) is 23.8 Å². The number of aromatic nitrogens is 2. The minimum absolute atomic E-state index is 0.0341. The van der Waals surface area contributed by atoms with E-state index in [0.717, 1.165) is 36.8 Å². The lowest BCUT2D eigenvalue weighted by molar-refractivity contribution is -0.764. The van der Waals surface area contributed by atoms with Crippen LogP contribution >= 0.6 is 0 Å². The first-order valence-electron chi connectivity index (χ1n) is 15.3. The van der Waals surface area contributed by atoms with Crippen molar-refractivity contribution in [1.29, 1.82) is 0 Å². The molecule has 2 aromatic heterocycles. The zero-order valence-electron chi connectivity index (χ0n) is 25.6. The molecule has 1 aliphatic rings. The van der Waals surface area contributed by atoms with Crippen molar-refractivity contribution in [3.8, 4) is 17.1 Å². The Morgan fingerprint density at radius 1 is 0.850 bits per heavy atom. The van der Waals surface area contributed by atoms with Gasteiger partial charge in [-0.25, -0.2) is 4.57 Å². The Balaban J connectivity index is 1.75. The molecule has 0 N–H and O–H groups in total. The van der Waals surface area contributed by atoms with Crippen LogP contribution in [0.1, 0.15) is 84.9 Å². The van der Waals surface area contributed by atoms with Gasteiger partial charge < -0.3 is 4.42 Å². The summed E-state index contributed by atoms with van der Waals surface area (Å²) in [6, 6.07) is 20.1. The fourth-order valence-corrected chi connectivity index (χ4v) is 7.55. The molecule has 208 valence electrons. The van der Waals surface area contributed by atoms with E-state index in [9.17, 15) is 0 Å². The van der Waals surface area contributed by atoms with Gasteiger partial charge in [-0.1, -0.05) is 84.9 Å². The van der Waals surface area contributed by atoms with E-state index in [1.807, 2.05) is 0 Å². The third-order valence-corrected chi connectivity index (χ3v) is 10.00. The van der Waals surface area contributed by atoms with Crippen molar-refractivity contribution in [1.82, 2.24) is 4.57 Å². The van der Waals surface area contributed by atoms with Gasteiger partial charge in [0.15, 0.2) is 0 Å². The van der Waals surface area contributed by atoms with E-state index < -0.39 is 0 Å². The highest BCUT2D eigenvalue weighted by Gasteiger charge is 2.55. The van der Waals surface area contributed by atoms with Gasteiger partial charge in [0.05, 0.1) is 5.56 Å². The van der Waals surface area contributed by atoms with Gasteiger partial charge >= 0.3 is 0 Å². The average Bonchev–Trinajstić information content (AvgIpc) is 3.54. The highest BCUT2D eigenvalue weighted by atomic mass is 16.3. The highest BCUT2D eigenvalue weighted by molar-refractivity contribution is 6.07. The molecule has 0 radical (unpaired) electrons. The van der Waals surface area contributed by atoms with Crippen LogP contribution in [0.25, 0.3) is 39.0 Å². The molecule has 5 aromatic rings. The van der Waals surface area contributed by atoms with Gasteiger partial charge in [0.1, 0.15) is 34.8 Å². The van der Waals surface area contributed by atoms with E-state index in [1.165, 1.54) is 44.5 Å². The summed E-state index contributed by atoms with van der Waals surface area (Å²) >= 11 is 0. The zero-order valence-corrected chi connectivity index (χ0v) is 25.6. The Bertz CT molecular complexity index is 1720. The van der Waals surface area contributed by atoms with E-state index in [4.69, 9.17) is 4.42 Å². The van der Waals surface area contributed by atoms with Gasteiger partial charge in [-0.05, 0) is 68.2 Å². The molecule has 3 nitrogen and oxygen atoms in total. The van der Waals surface area contributed by atoms with E-state index in [0.29, 0.717) is 11.8 Å². The summed E-state index contributed by atoms with van der Waals surface area (Å²) in [7, 11) is 0. The van der Waals surface area contributed by atoms with E-state index in [2.05, 4.69) is 132 Å². The molecule has 3 heterocycles. The Labute approximate surface area is 239 Å². The number of furan rings is 1. The Hall–Kier alpha value is -3.33. The number of fused-ring (bicyclic) bond motifs is 6. The van der Waals surface area contributed by atoms with Crippen LogP contribution in [0.5, 0.6) is 0 Å². The van der Waals surface area contributed by atoms with Crippen molar-refractivity contribution < 1.29 is 8.98 Å². The summed E-state index contributed by atoms with van der Waals surface area (Å²) in [5.74, 6) is 2.33. The van der Waals surface area contributed by atoms with Gasteiger partial charge in [0, 0.05) is 27.3 Å². The number of imidazole rings is 1. The molecule has 0 aliphatic carbocycles. The number of para-hydroxylation sites is 1. The van der Waals surface area contributed by atoms with Crippen LogP contribution in [0.4, 0.5) is 0 Å². The standard InChI is InChI=1S/C37H45N2O/c1-9-36(7)31-17-13-11-16-28(31)35-38(19-20-39(35)37(36,8)10-2)33-26(21-24(3)4)23-29-27-15-12-14-18-32(27)40-34(29)30(33)22-25(5)6/h11-20,23-25H,9-10,21-22H2,1-8H3/q+1. The number of nitrogens with zero attached hydrogens (tertiary/aromatic N) is 2. The molecule has 0 amide bonds. The predicted molar refractivity (Wildman–Crippen MR) is 167 cm³/mol. The largest absolute Gasteiger partial charge is 0.456 e. The summed E-state index contributed by atoms with van der Waals surface area (Å²) in [5.41, 5.74) is 8.87. The molecular formula is C37H45N2O+. The van der Waals surface area contributed by atoms with Gasteiger partial charge in [0.2, 0.25) is 0 Å². The summed E-state index contributed by atoms with van der Waals surface area (Å²) in [6.45, 7) is 18.9. The average molecular weight is 534 g/mol. The van der Waals surface area contributed by atoms with Crippen LogP contribution in [0.3, 0.4) is 0 Å². The van der Waals surface area contributed by atoms with Crippen LogP contribution in [0.2, 0.25) is 0 Å². The lowest BCUT2D eigenvalue weighted by Crippen LogP contribution is -2.67. The molecule has 2 atom stereocenters. The third kappa shape index (κ3) is 3.73. The monoisotopic (exact) mass is 533 g/mol. The van der Waals surface area contributed by atoms with Gasteiger partial charge in [-0.15, -0.1) is 0 Å². The lowest BCUT2D eigenvalue weighted by Gasteiger charge is -2.47. The first-order chi connectivity index (χ1) is 19.1. The second-order valence-corrected chi connectivity index (χ2v) is 13.3. The molecule has 3 aromatic carbocycles. The fourth-order valence-electron chi connectivity index (χ4n) is 7.55. The van der Waals surface area contributed by atoms with E-state index in [1.54, 1.807) is 0 Å². The molecule has 3 heteroatoms. The first-order valence-corrected chi connectivity index (χ1v) is 15.3. The summed E-state index contributed by atoms with van der Waals surface area (Å²) < 4.78 is 11.8. The number of hydrogen-bond acceptors (Lipinski definition) is 1. The number of rotatable bonds is 7. The first kappa shape index (κ1) is 26.9. The minimum Gasteiger partial charge on any atom is -0.456 e. The lowest BCUT2D eigenvalue weighted by atomic mass is 9.61. The summed E-state index contributed by atoms with van der Waals surface area (Å²) in [6.07, 6.45) is 8.83. The van der Waals surface area contributed by atoms with Gasteiger partial charge in [0.25, 0.3) is 5.82 Å².